The molecule has 1 N–H and O–H groups in total. The summed E-state index contributed by atoms with van der Waals surface area (Å²) < 4.78 is 10.5. The van der Waals surface area contributed by atoms with Gasteiger partial charge in [0.1, 0.15) is 6.61 Å². The quantitative estimate of drug-likeness (QED) is 0.473. The molecule has 5 heteroatoms. The lowest BCUT2D eigenvalue weighted by molar-refractivity contribution is 0.0526. The summed E-state index contributed by atoms with van der Waals surface area (Å²) in [5.74, 6) is 5.45. The molecule has 0 aliphatic heterocycles. The Morgan fingerprint density at radius 1 is 0.906 bits per heavy atom. The Morgan fingerprint density at radius 2 is 1.59 bits per heavy atom. The van der Waals surface area contributed by atoms with Crippen molar-refractivity contribution in [2.45, 2.75) is 12.8 Å². The number of carbonyl (C=O) groups excluding carboxylic acids is 2. The molecule has 32 heavy (non-hydrogen) atoms. The molecule has 1 aliphatic rings. The van der Waals surface area contributed by atoms with Crippen LogP contribution >= 0.6 is 0 Å². The molecule has 3 aromatic rings. The molecule has 0 bridgehead atoms. The molecule has 0 spiro atoms. The molecular weight excluding hydrogens is 402 g/mol. The fourth-order valence-corrected chi connectivity index (χ4v) is 3.85. The average molecular weight is 425 g/mol. The number of alkyl carbamates (subject to hydrolysis) is 1. The lowest BCUT2D eigenvalue weighted by Gasteiger charge is -2.14. The molecule has 1 aliphatic carbocycles. The van der Waals surface area contributed by atoms with Crippen molar-refractivity contribution in [2.75, 3.05) is 19.8 Å². The largest absolute Gasteiger partial charge is 0.462 e. The molecule has 5 nitrogen and oxygen atoms in total. The molecule has 0 unspecified atom stereocenters. The highest BCUT2D eigenvalue weighted by Gasteiger charge is 2.28. The van der Waals surface area contributed by atoms with E-state index in [0.29, 0.717) is 17.7 Å². The number of benzene rings is 3. The van der Waals surface area contributed by atoms with Crippen LogP contribution in [-0.2, 0) is 9.47 Å². The lowest BCUT2D eigenvalue weighted by atomic mass is 9.98. The second-order valence-corrected chi connectivity index (χ2v) is 7.28. The van der Waals surface area contributed by atoms with E-state index in [0.717, 1.165) is 0 Å². The van der Waals surface area contributed by atoms with Crippen LogP contribution < -0.4 is 5.32 Å². The summed E-state index contributed by atoms with van der Waals surface area (Å²) >= 11 is 0. The number of fused-ring (bicyclic) bond motifs is 3. The predicted molar refractivity (Wildman–Crippen MR) is 122 cm³/mol. The Hall–Kier alpha value is -4.04. The average Bonchev–Trinajstić information content (AvgIpc) is 3.15. The number of ether oxygens (including phenoxy) is 2. The third kappa shape index (κ3) is 4.65. The molecular formula is C27H23NO4. The van der Waals surface area contributed by atoms with Crippen LogP contribution in [0.2, 0.25) is 0 Å². The van der Waals surface area contributed by atoms with Crippen molar-refractivity contribution in [3.8, 4) is 23.0 Å². The highest BCUT2D eigenvalue weighted by molar-refractivity contribution is 5.89. The zero-order valence-electron chi connectivity index (χ0n) is 17.8. The molecule has 1 amide bonds. The maximum atomic E-state index is 12.2. The van der Waals surface area contributed by atoms with Crippen molar-refractivity contribution in [1.82, 2.24) is 5.32 Å². The standard InChI is InChI=1S/C27H23NO4/c1-2-31-26(29)20-11-7-9-19(17-20)10-8-16-28-27(30)32-18-25-23-14-5-3-12-21(23)22-13-4-6-15-24(22)25/h3-7,9,11-15,17,25H,2,16,18H2,1H3,(H,28,30). The van der Waals surface area contributed by atoms with Crippen molar-refractivity contribution in [1.29, 1.82) is 0 Å². The second-order valence-electron chi connectivity index (χ2n) is 7.28. The zero-order valence-corrected chi connectivity index (χ0v) is 17.8. The molecule has 0 saturated heterocycles. The van der Waals surface area contributed by atoms with Crippen LogP contribution in [0.15, 0.2) is 72.8 Å². The molecule has 0 radical (unpaired) electrons. The SMILES string of the molecule is CCOC(=O)c1cccc(C#CCNC(=O)OCC2c3ccccc3-c3ccccc32)c1. The minimum Gasteiger partial charge on any atom is -0.462 e. The van der Waals surface area contributed by atoms with E-state index in [2.05, 4.69) is 41.4 Å². The molecule has 0 atom stereocenters. The van der Waals surface area contributed by atoms with E-state index in [9.17, 15) is 9.59 Å². The summed E-state index contributed by atoms with van der Waals surface area (Å²) in [5, 5.41) is 2.66. The van der Waals surface area contributed by atoms with Gasteiger partial charge in [-0.2, -0.15) is 0 Å². The van der Waals surface area contributed by atoms with Gasteiger partial charge in [-0.1, -0.05) is 66.4 Å². The highest BCUT2D eigenvalue weighted by Crippen LogP contribution is 2.44. The van der Waals surface area contributed by atoms with E-state index in [1.165, 1.54) is 22.3 Å². The van der Waals surface area contributed by atoms with Gasteiger partial charge < -0.3 is 14.8 Å². The van der Waals surface area contributed by atoms with Gasteiger partial charge in [0, 0.05) is 11.5 Å². The molecule has 4 rings (SSSR count). The maximum Gasteiger partial charge on any atom is 0.407 e. The first-order valence-corrected chi connectivity index (χ1v) is 10.5. The van der Waals surface area contributed by atoms with Crippen LogP contribution in [0.4, 0.5) is 4.79 Å². The third-order valence-electron chi connectivity index (χ3n) is 5.27. The topological polar surface area (TPSA) is 64.6 Å². The van der Waals surface area contributed by atoms with Crippen molar-refractivity contribution in [2.24, 2.45) is 0 Å². The summed E-state index contributed by atoms with van der Waals surface area (Å²) in [5.41, 5.74) is 5.83. The Balaban J connectivity index is 1.32. The fraction of sp³-hybridized carbons (Fsp3) is 0.185. The van der Waals surface area contributed by atoms with Gasteiger partial charge in [0.05, 0.1) is 18.7 Å². The Morgan fingerprint density at radius 3 is 2.28 bits per heavy atom. The normalized spacial score (nSPS) is 11.5. The van der Waals surface area contributed by atoms with E-state index < -0.39 is 6.09 Å². The lowest BCUT2D eigenvalue weighted by Crippen LogP contribution is -2.26. The predicted octanol–water partition coefficient (Wildman–Crippen LogP) is 4.75. The summed E-state index contributed by atoms with van der Waals surface area (Å²) in [4.78, 5) is 24.0. The first kappa shape index (κ1) is 21.2. The van der Waals surface area contributed by atoms with Crippen LogP contribution in [0.25, 0.3) is 11.1 Å². The van der Waals surface area contributed by atoms with E-state index in [4.69, 9.17) is 9.47 Å². The van der Waals surface area contributed by atoms with Gasteiger partial charge in [-0.15, -0.1) is 0 Å². The number of hydrogen-bond donors (Lipinski definition) is 1. The summed E-state index contributed by atoms with van der Waals surface area (Å²) in [6, 6.07) is 23.3. The van der Waals surface area contributed by atoms with E-state index in [-0.39, 0.29) is 25.0 Å². The smallest absolute Gasteiger partial charge is 0.407 e. The van der Waals surface area contributed by atoms with Gasteiger partial charge in [-0.25, -0.2) is 9.59 Å². The number of hydrogen-bond acceptors (Lipinski definition) is 4. The summed E-state index contributed by atoms with van der Waals surface area (Å²) in [6.45, 7) is 2.48. The van der Waals surface area contributed by atoms with Crippen LogP contribution in [0.3, 0.4) is 0 Å². The Bertz CT molecular complexity index is 1160. The van der Waals surface area contributed by atoms with Gasteiger partial charge in [-0.05, 0) is 47.4 Å². The fourth-order valence-electron chi connectivity index (χ4n) is 3.85. The van der Waals surface area contributed by atoms with Gasteiger partial charge in [-0.3, -0.25) is 0 Å². The van der Waals surface area contributed by atoms with Crippen molar-refractivity contribution in [3.05, 3.63) is 95.1 Å². The number of nitrogens with one attached hydrogen (secondary N) is 1. The number of carbonyl (C=O) groups is 2. The highest BCUT2D eigenvalue weighted by atomic mass is 16.5. The van der Waals surface area contributed by atoms with Gasteiger partial charge in [0.15, 0.2) is 0 Å². The Labute approximate surface area is 187 Å². The molecule has 0 aromatic heterocycles. The van der Waals surface area contributed by atoms with Crippen molar-refractivity contribution in [3.63, 3.8) is 0 Å². The number of rotatable bonds is 5. The van der Waals surface area contributed by atoms with Crippen molar-refractivity contribution < 1.29 is 19.1 Å². The molecule has 160 valence electrons. The van der Waals surface area contributed by atoms with Crippen LogP contribution in [0.1, 0.15) is 39.9 Å². The molecule has 0 heterocycles. The van der Waals surface area contributed by atoms with Crippen LogP contribution in [0.5, 0.6) is 0 Å². The summed E-state index contributed by atoms with van der Waals surface area (Å²) in [7, 11) is 0. The van der Waals surface area contributed by atoms with Gasteiger partial charge >= 0.3 is 12.1 Å². The van der Waals surface area contributed by atoms with E-state index in [1.807, 2.05) is 24.3 Å². The number of amides is 1. The minimum atomic E-state index is -0.513. The van der Waals surface area contributed by atoms with E-state index in [1.54, 1.807) is 31.2 Å². The molecule has 0 fully saturated rings. The molecule has 3 aromatic carbocycles. The first-order chi connectivity index (χ1) is 15.7. The molecule has 0 saturated carbocycles. The number of esters is 1. The van der Waals surface area contributed by atoms with E-state index >= 15 is 0 Å². The Kier molecular flexibility index (Phi) is 6.52. The second kappa shape index (κ2) is 9.84. The van der Waals surface area contributed by atoms with Gasteiger partial charge in [0.25, 0.3) is 0 Å². The van der Waals surface area contributed by atoms with Crippen LogP contribution in [0, 0.1) is 11.8 Å². The van der Waals surface area contributed by atoms with Crippen molar-refractivity contribution >= 4 is 12.1 Å². The summed E-state index contributed by atoms with van der Waals surface area (Å²) in [6.07, 6.45) is -0.513. The zero-order chi connectivity index (χ0) is 22.3. The van der Waals surface area contributed by atoms with Crippen LogP contribution in [-0.4, -0.2) is 31.8 Å². The maximum absolute atomic E-state index is 12.2. The third-order valence-corrected chi connectivity index (χ3v) is 5.27. The minimum absolute atomic E-state index is 0.0184. The first-order valence-electron chi connectivity index (χ1n) is 10.5. The monoisotopic (exact) mass is 425 g/mol. The van der Waals surface area contributed by atoms with Gasteiger partial charge in [0.2, 0.25) is 0 Å².